The first kappa shape index (κ1) is 15.3. The first-order chi connectivity index (χ1) is 10.7. The van der Waals surface area contributed by atoms with Crippen molar-refractivity contribution in [2.75, 3.05) is 7.11 Å². The van der Waals surface area contributed by atoms with Crippen LogP contribution in [0.5, 0.6) is 5.75 Å². The van der Waals surface area contributed by atoms with Crippen LogP contribution in [0.25, 0.3) is 6.08 Å². The summed E-state index contributed by atoms with van der Waals surface area (Å²) in [6.45, 7) is 0.334. The monoisotopic (exact) mass is 293 g/mol. The Kier molecular flexibility index (Phi) is 5.33. The summed E-state index contributed by atoms with van der Waals surface area (Å²) in [5.41, 5.74) is 2.33. The van der Waals surface area contributed by atoms with Gasteiger partial charge in [-0.2, -0.15) is 5.26 Å². The van der Waals surface area contributed by atoms with Crippen LogP contribution in [0.4, 0.5) is 0 Å². The number of methoxy groups -OCH3 is 1. The summed E-state index contributed by atoms with van der Waals surface area (Å²) in [6, 6.07) is 16.8. The van der Waals surface area contributed by atoms with Crippen LogP contribution in [-0.2, 0) is 16.1 Å². The van der Waals surface area contributed by atoms with Crippen LogP contribution < -0.4 is 4.74 Å². The van der Waals surface area contributed by atoms with E-state index in [0.29, 0.717) is 17.9 Å². The first-order valence-corrected chi connectivity index (χ1v) is 6.70. The second-order valence-electron chi connectivity index (χ2n) is 4.48. The maximum Gasteiger partial charge on any atom is 0.330 e. The molecule has 110 valence electrons. The molecule has 0 spiro atoms. The van der Waals surface area contributed by atoms with Gasteiger partial charge in [-0.1, -0.05) is 30.3 Å². The Bertz CT molecular complexity index is 712. The fraction of sp³-hybridized carbons (Fsp3) is 0.111. The molecule has 0 N–H and O–H groups in total. The van der Waals surface area contributed by atoms with Crippen molar-refractivity contribution in [2.24, 2.45) is 0 Å². The molecule has 2 aromatic rings. The number of carbonyl (C=O) groups excluding carboxylic acids is 1. The van der Waals surface area contributed by atoms with Crippen molar-refractivity contribution in [2.45, 2.75) is 6.61 Å². The zero-order chi connectivity index (χ0) is 15.8. The zero-order valence-corrected chi connectivity index (χ0v) is 12.2. The van der Waals surface area contributed by atoms with E-state index in [1.54, 1.807) is 12.1 Å². The molecule has 0 saturated heterocycles. The smallest absolute Gasteiger partial charge is 0.330 e. The Morgan fingerprint density at radius 3 is 2.59 bits per heavy atom. The van der Waals surface area contributed by atoms with Gasteiger partial charge in [0.15, 0.2) is 0 Å². The zero-order valence-electron chi connectivity index (χ0n) is 12.2. The van der Waals surface area contributed by atoms with Crippen LogP contribution in [0, 0.1) is 11.3 Å². The maximum atomic E-state index is 11.0. The molecule has 0 heterocycles. The summed E-state index contributed by atoms with van der Waals surface area (Å²) in [5.74, 6) is 0.302. The number of hydrogen-bond donors (Lipinski definition) is 0. The predicted octanol–water partition coefficient (Wildman–Crippen LogP) is 3.32. The van der Waals surface area contributed by atoms with Crippen LogP contribution in [0.2, 0.25) is 0 Å². The third-order valence-corrected chi connectivity index (χ3v) is 3.03. The second-order valence-corrected chi connectivity index (χ2v) is 4.48. The molecule has 0 aliphatic heterocycles. The van der Waals surface area contributed by atoms with Gasteiger partial charge >= 0.3 is 5.97 Å². The van der Waals surface area contributed by atoms with Crippen molar-refractivity contribution < 1.29 is 14.3 Å². The van der Waals surface area contributed by atoms with E-state index >= 15 is 0 Å². The van der Waals surface area contributed by atoms with Crippen molar-refractivity contribution in [3.05, 3.63) is 71.3 Å². The Hall–Kier alpha value is -3.06. The van der Waals surface area contributed by atoms with Gasteiger partial charge in [0.25, 0.3) is 0 Å². The molecular formula is C18H15NO3. The number of hydrogen-bond acceptors (Lipinski definition) is 4. The van der Waals surface area contributed by atoms with E-state index in [1.807, 2.05) is 42.5 Å². The molecule has 2 rings (SSSR count). The minimum Gasteiger partial charge on any atom is -0.489 e. The van der Waals surface area contributed by atoms with Crippen molar-refractivity contribution >= 4 is 12.0 Å². The van der Waals surface area contributed by atoms with Gasteiger partial charge in [0.1, 0.15) is 12.4 Å². The molecule has 0 radical (unpaired) electrons. The molecule has 0 amide bonds. The molecule has 0 aliphatic rings. The SMILES string of the molecule is COC(=O)/C=C/c1ccc(OCc2ccccc2C#N)cc1. The quantitative estimate of drug-likeness (QED) is 0.626. The number of ether oxygens (including phenoxy) is 2. The van der Waals surface area contributed by atoms with E-state index in [2.05, 4.69) is 10.8 Å². The van der Waals surface area contributed by atoms with Gasteiger partial charge in [0.05, 0.1) is 18.7 Å². The topological polar surface area (TPSA) is 59.3 Å². The minimum absolute atomic E-state index is 0.334. The van der Waals surface area contributed by atoms with Crippen molar-refractivity contribution in [1.29, 1.82) is 5.26 Å². The van der Waals surface area contributed by atoms with Crippen LogP contribution in [0.3, 0.4) is 0 Å². The fourth-order valence-corrected chi connectivity index (χ4v) is 1.82. The number of nitriles is 1. The highest BCUT2D eigenvalue weighted by molar-refractivity contribution is 5.86. The lowest BCUT2D eigenvalue weighted by Crippen LogP contribution is -1.98. The van der Waals surface area contributed by atoms with Gasteiger partial charge < -0.3 is 9.47 Å². The van der Waals surface area contributed by atoms with Crippen LogP contribution >= 0.6 is 0 Å². The van der Waals surface area contributed by atoms with Gasteiger partial charge in [-0.3, -0.25) is 0 Å². The highest BCUT2D eigenvalue weighted by Crippen LogP contribution is 2.16. The van der Waals surface area contributed by atoms with Crippen molar-refractivity contribution in [1.82, 2.24) is 0 Å². The molecule has 0 unspecified atom stereocenters. The van der Waals surface area contributed by atoms with Crippen LogP contribution in [0.1, 0.15) is 16.7 Å². The molecule has 0 saturated carbocycles. The Morgan fingerprint density at radius 1 is 1.18 bits per heavy atom. The summed E-state index contributed by atoms with van der Waals surface area (Å²) in [5, 5.41) is 9.03. The van der Waals surface area contributed by atoms with E-state index in [-0.39, 0.29) is 0 Å². The van der Waals surface area contributed by atoms with E-state index in [4.69, 9.17) is 10.00 Å². The lowest BCUT2D eigenvalue weighted by atomic mass is 10.1. The van der Waals surface area contributed by atoms with Gasteiger partial charge in [0.2, 0.25) is 0 Å². The highest BCUT2D eigenvalue weighted by Gasteiger charge is 2.02. The Morgan fingerprint density at radius 2 is 1.91 bits per heavy atom. The van der Waals surface area contributed by atoms with E-state index in [9.17, 15) is 4.79 Å². The third-order valence-electron chi connectivity index (χ3n) is 3.03. The minimum atomic E-state index is -0.395. The molecule has 4 nitrogen and oxygen atoms in total. The summed E-state index contributed by atoms with van der Waals surface area (Å²) in [4.78, 5) is 11.0. The van der Waals surface area contributed by atoms with Crippen LogP contribution in [0.15, 0.2) is 54.6 Å². The lowest BCUT2D eigenvalue weighted by Gasteiger charge is -2.07. The third kappa shape index (κ3) is 4.22. The van der Waals surface area contributed by atoms with Crippen molar-refractivity contribution in [3.63, 3.8) is 0 Å². The van der Waals surface area contributed by atoms with Crippen molar-refractivity contribution in [3.8, 4) is 11.8 Å². The van der Waals surface area contributed by atoms with Gasteiger partial charge in [-0.15, -0.1) is 0 Å². The summed E-state index contributed by atoms with van der Waals surface area (Å²) < 4.78 is 10.2. The summed E-state index contributed by atoms with van der Waals surface area (Å²) in [6.07, 6.45) is 3.03. The molecule has 2 aromatic carbocycles. The van der Waals surface area contributed by atoms with E-state index < -0.39 is 5.97 Å². The number of nitrogens with zero attached hydrogens (tertiary/aromatic N) is 1. The largest absolute Gasteiger partial charge is 0.489 e. The molecule has 0 aromatic heterocycles. The summed E-state index contributed by atoms with van der Waals surface area (Å²) >= 11 is 0. The molecule has 0 fully saturated rings. The molecule has 0 bridgehead atoms. The molecular weight excluding hydrogens is 278 g/mol. The average Bonchev–Trinajstić information content (AvgIpc) is 2.58. The molecule has 4 heteroatoms. The predicted molar refractivity (Wildman–Crippen MR) is 83.0 cm³/mol. The summed E-state index contributed by atoms with van der Waals surface area (Å²) in [7, 11) is 1.34. The van der Waals surface area contributed by atoms with E-state index in [1.165, 1.54) is 13.2 Å². The van der Waals surface area contributed by atoms with Gasteiger partial charge in [-0.05, 0) is 29.8 Å². The number of benzene rings is 2. The molecule has 22 heavy (non-hydrogen) atoms. The number of rotatable bonds is 5. The highest BCUT2D eigenvalue weighted by atomic mass is 16.5. The molecule has 0 atom stereocenters. The first-order valence-electron chi connectivity index (χ1n) is 6.70. The van der Waals surface area contributed by atoms with E-state index in [0.717, 1.165) is 11.1 Å². The average molecular weight is 293 g/mol. The Labute approximate surface area is 129 Å². The second kappa shape index (κ2) is 7.65. The van der Waals surface area contributed by atoms with Gasteiger partial charge in [-0.25, -0.2) is 4.79 Å². The lowest BCUT2D eigenvalue weighted by molar-refractivity contribution is -0.134. The number of carbonyl (C=O) groups is 1. The maximum absolute atomic E-state index is 11.0. The Balaban J connectivity index is 1.99. The normalized spacial score (nSPS) is 10.2. The fourth-order valence-electron chi connectivity index (χ4n) is 1.82. The number of esters is 1. The standard InChI is InChI=1S/C18H15NO3/c1-21-18(20)11-8-14-6-9-17(10-7-14)22-13-16-5-3-2-4-15(16)12-19/h2-11H,13H2,1H3/b11-8+. The van der Waals surface area contributed by atoms with Crippen LogP contribution in [-0.4, -0.2) is 13.1 Å². The molecule has 0 aliphatic carbocycles. The van der Waals surface area contributed by atoms with Gasteiger partial charge in [0, 0.05) is 11.6 Å².